The number of aromatic carboxylic acids is 1. The van der Waals surface area contributed by atoms with Gasteiger partial charge in [0, 0.05) is 29.6 Å². The Morgan fingerprint density at radius 2 is 1.76 bits per heavy atom. The summed E-state index contributed by atoms with van der Waals surface area (Å²) in [5, 5.41) is 9.27. The minimum Gasteiger partial charge on any atom is -0.488 e. The first-order valence-electron chi connectivity index (χ1n) is 10.3. The molecule has 176 valence electrons. The van der Waals surface area contributed by atoms with E-state index in [0.717, 1.165) is 18.2 Å². The molecule has 0 amide bonds. The maximum atomic E-state index is 14.0. The van der Waals surface area contributed by atoms with Gasteiger partial charge in [-0.15, -0.1) is 0 Å². The number of hydrogen-bond donors (Lipinski definition) is 1. The van der Waals surface area contributed by atoms with E-state index in [-0.39, 0.29) is 29.0 Å². The van der Waals surface area contributed by atoms with Crippen LogP contribution in [0.2, 0.25) is 0 Å². The van der Waals surface area contributed by atoms with E-state index in [1.807, 2.05) is 0 Å². The molecule has 0 radical (unpaired) electrons. The van der Waals surface area contributed by atoms with E-state index in [4.69, 9.17) is 4.74 Å². The Bertz CT molecular complexity index is 1280. The Morgan fingerprint density at radius 1 is 1.00 bits per heavy atom. The SMILES string of the molecule is O=C(O)c1cncc(C2=C(c3cc(C(F)(F)F)ccc3OCc3ccc(F)cc3F)CCC2)c1. The maximum Gasteiger partial charge on any atom is 0.416 e. The van der Waals surface area contributed by atoms with Gasteiger partial charge in [-0.1, -0.05) is 0 Å². The highest BCUT2D eigenvalue weighted by Gasteiger charge is 2.32. The lowest BCUT2D eigenvalue weighted by atomic mass is 9.95. The first kappa shape index (κ1) is 23.4. The third-order valence-corrected chi connectivity index (χ3v) is 5.58. The molecule has 0 fully saturated rings. The number of nitrogens with zero attached hydrogens (tertiary/aromatic N) is 1. The monoisotopic (exact) mass is 475 g/mol. The van der Waals surface area contributed by atoms with Crippen LogP contribution in [-0.2, 0) is 12.8 Å². The van der Waals surface area contributed by atoms with Crippen LogP contribution in [0.25, 0.3) is 11.1 Å². The highest BCUT2D eigenvalue weighted by Crippen LogP contribution is 2.44. The largest absolute Gasteiger partial charge is 0.488 e. The van der Waals surface area contributed by atoms with Gasteiger partial charge in [0.1, 0.15) is 24.0 Å². The summed E-state index contributed by atoms with van der Waals surface area (Å²) in [5.74, 6) is -2.65. The van der Waals surface area contributed by atoms with Gasteiger partial charge < -0.3 is 9.84 Å². The highest BCUT2D eigenvalue weighted by molar-refractivity contribution is 5.96. The zero-order chi connectivity index (χ0) is 24.5. The number of carbonyl (C=O) groups is 1. The summed E-state index contributed by atoms with van der Waals surface area (Å²) in [6, 6.07) is 7.43. The summed E-state index contributed by atoms with van der Waals surface area (Å²) < 4.78 is 73.3. The van der Waals surface area contributed by atoms with Crippen LogP contribution in [-0.4, -0.2) is 16.1 Å². The van der Waals surface area contributed by atoms with Gasteiger partial charge in [-0.05, 0) is 72.4 Å². The lowest BCUT2D eigenvalue weighted by Crippen LogP contribution is -2.07. The van der Waals surface area contributed by atoms with Crippen LogP contribution in [0.5, 0.6) is 5.75 Å². The number of halogens is 5. The number of pyridine rings is 1. The Labute approximate surface area is 191 Å². The van der Waals surface area contributed by atoms with Gasteiger partial charge in [-0.3, -0.25) is 4.98 Å². The summed E-state index contributed by atoms with van der Waals surface area (Å²) in [4.78, 5) is 15.3. The first-order chi connectivity index (χ1) is 16.1. The Hall–Kier alpha value is -3.75. The maximum absolute atomic E-state index is 14.0. The molecular formula is C25H18F5NO3. The van der Waals surface area contributed by atoms with Gasteiger partial charge in [0.25, 0.3) is 0 Å². The van der Waals surface area contributed by atoms with Crippen LogP contribution < -0.4 is 4.74 Å². The summed E-state index contributed by atoms with van der Waals surface area (Å²) in [6.07, 6.45) is -0.339. The average Bonchev–Trinajstić information content (AvgIpc) is 3.27. The number of carboxylic acids is 1. The third-order valence-electron chi connectivity index (χ3n) is 5.58. The zero-order valence-corrected chi connectivity index (χ0v) is 17.6. The van der Waals surface area contributed by atoms with Crippen molar-refractivity contribution in [1.29, 1.82) is 0 Å². The van der Waals surface area contributed by atoms with Crippen molar-refractivity contribution >= 4 is 17.1 Å². The summed E-state index contributed by atoms with van der Waals surface area (Å²) >= 11 is 0. The topological polar surface area (TPSA) is 59.4 Å². The molecule has 1 aliphatic rings. The van der Waals surface area contributed by atoms with Crippen molar-refractivity contribution in [2.45, 2.75) is 32.0 Å². The van der Waals surface area contributed by atoms with E-state index in [1.54, 1.807) is 0 Å². The second-order valence-corrected chi connectivity index (χ2v) is 7.81. The quantitative estimate of drug-likeness (QED) is 0.401. The van der Waals surface area contributed by atoms with Crippen molar-refractivity contribution in [2.24, 2.45) is 0 Å². The third kappa shape index (κ3) is 4.93. The normalized spacial score (nSPS) is 13.9. The fourth-order valence-electron chi connectivity index (χ4n) is 3.94. The number of aromatic nitrogens is 1. The second kappa shape index (κ2) is 9.24. The smallest absolute Gasteiger partial charge is 0.416 e. The molecule has 1 heterocycles. The predicted octanol–water partition coefficient (Wildman–Crippen LogP) is 6.75. The van der Waals surface area contributed by atoms with Gasteiger partial charge in [0.2, 0.25) is 0 Å². The molecule has 3 aromatic rings. The van der Waals surface area contributed by atoms with Gasteiger partial charge in [0.15, 0.2) is 0 Å². The Morgan fingerprint density at radius 3 is 2.47 bits per heavy atom. The van der Waals surface area contributed by atoms with E-state index >= 15 is 0 Å². The van der Waals surface area contributed by atoms with Crippen molar-refractivity contribution in [1.82, 2.24) is 4.98 Å². The number of rotatable bonds is 6. The molecular weight excluding hydrogens is 457 g/mol. The average molecular weight is 475 g/mol. The van der Waals surface area contributed by atoms with Gasteiger partial charge in [0.05, 0.1) is 11.1 Å². The molecule has 1 aliphatic carbocycles. The van der Waals surface area contributed by atoms with Gasteiger partial charge in [-0.2, -0.15) is 13.2 Å². The van der Waals surface area contributed by atoms with E-state index in [1.165, 1.54) is 30.6 Å². The molecule has 4 rings (SSSR count). The molecule has 0 saturated heterocycles. The molecule has 1 N–H and O–H groups in total. The Kier molecular flexibility index (Phi) is 6.37. The molecule has 2 aromatic carbocycles. The van der Waals surface area contributed by atoms with Crippen molar-refractivity contribution < 1.29 is 36.6 Å². The number of allylic oxidation sites excluding steroid dienone is 2. The minimum absolute atomic E-state index is 0.0384. The van der Waals surface area contributed by atoms with E-state index in [2.05, 4.69) is 4.98 Å². The standard InChI is InChI=1S/C25H18F5NO3/c26-18-6-4-14(22(27)10-18)13-34-23-7-5-17(25(28,29)30)9-21(23)20-3-1-2-19(20)15-8-16(24(32)33)12-31-11-15/h4-12H,1-3,13H2,(H,32,33). The molecule has 0 atom stereocenters. The molecule has 4 nitrogen and oxygen atoms in total. The van der Waals surface area contributed by atoms with Crippen molar-refractivity contribution in [2.75, 3.05) is 0 Å². The number of alkyl halides is 3. The summed E-state index contributed by atoms with van der Waals surface area (Å²) in [5.41, 5.74) is 1.07. The zero-order valence-electron chi connectivity index (χ0n) is 17.6. The molecule has 9 heteroatoms. The van der Waals surface area contributed by atoms with E-state index in [9.17, 15) is 31.9 Å². The van der Waals surface area contributed by atoms with Crippen LogP contribution in [0, 0.1) is 11.6 Å². The van der Waals surface area contributed by atoms with E-state index < -0.39 is 29.3 Å². The van der Waals surface area contributed by atoms with Crippen LogP contribution in [0.3, 0.4) is 0 Å². The lowest BCUT2D eigenvalue weighted by molar-refractivity contribution is -0.137. The predicted molar refractivity (Wildman–Crippen MR) is 114 cm³/mol. The van der Waals surface area contributed by atoms with Gasteiger partial charge in [-0.25, -0.2) is 13.6 Å². The number of ether oxygens (including phenoxy) is 1. The molecule has 34 heavy (non-hydrogen) atoms. The molecule has 0 spiro atoms. The van der Waals surface area contributed by atoms with Crippen LogP contribution in [0.1, 0.15) is 51.9 Å². The van der Waals surface area contributed by atoms with Crippen LogP contribution in [0.4, 0.5) is 22.0 Å². The molecule has 0 bridgehead atoms. The van der Waals surface area contributed by atoms with E-state index in [0.29, 0.717) is 42.0 Å². The number of benzene rings is 2. The molecule has 0 unspecified atom stereocenters. The molecule has 1 aromatic heterocycles. The lowest BCUT2D eigenvalue weighted by Gasteiger charge is -2.17. The van der Waals surface area contributed by atoms with Crippen LogP contribution >= 0.6 is 0 Å². The molecule has 0 saturated carbocycles. The van der Waals surface area contributed by atoms with Crippen molar-refractivity contribution in [3.05, 3.63) is 94.3 Å². The molecule has 0 aliphatic heterocycles. The minimum atomic E-state index is -4.60. The van der Waals surface area contributed by atoms with Crippen molar-refractivity contribution in [3.63, 3.8) is 0 Å². The summed E-state index contributed by atoms with van der Waals surface area (Å²) in [6.45, 7) is -0.316. The van der Waals surface area contributed by atoms with Crippen LogP contribution in [0.15, 0.2) is 54.9 Å². The fraction of sp³-hybridized carbons (Fsp3) is 0.200. The van der Waals surface area contributed by atoms with Crippen molar-refractivity contribution in [3.8, 4) is 5.75 Å². The number of carboxylic acid groups (broad SMARTS) is 1. The second-order valence-electron chi connectivity index (χ2n) is 7.81. The first-order valence-corrected chi connectivity index (χ1v) is 10.3. The fourth-order valence-corrected chi connectivity index (χ4v) is 3.94. The number of hydrogen-bond acceptors (Lipinski definition) is 3. The summed E-state index contributed by atoms with van der Waals surface area (Å²) in [7, 11) is 0. The highest BCUT2D eigenvalue weighted by atomic mass is 19.4. The Balaban J connectivity index is 1.78. The van der Waals surface area contributed by atoms with Gasteiger partial charge >= 0.3 is 12.1 Å².